The zero-order valence-electron chi connectivity index (χ0n) is 35.2. The Morgan fingerprint density at radius 1 is 1.00 bits per heavy atom. The molecule has 6 N–H and O–H groups in total. The summed E-state index contributed by atoms with van der Waals surface area (Å²) in [7, 11) is 1.63. The minimum Gasteiger partial charge on any atom is -0.459 e. The Morgan fingerprint density at radius 3 is 2.22 bits per heavy atom. The molecule has 14 nitrogen and oxygen atoms in total. The van der Waals surface area contributed by atoms with Crippen molar-refractivity contribution in [1.29, 1.82) is 0 Å². The molecule has 0 amide bonds. The summed E-state index contributed by atoms with van der Waals surface area (Å²) in [6, 6.07) is -0.883. The minimum atomic E-state index is -1.79. The third kappa shape index (κ3) is 9.81. The molecule has 1 spiro atoms. The van der Waals surface area contributed by atoms with Crippen LogP contribution in [-0.4, -0.2) is 143 Å². The fourth-order valence-corrected chi connectivity index (χ4v) is 9.13. The molecular weight excluding hydrogens is 700 g/mol. The summed E-state index contributed by atoms with van der Waals surface area (Å²) in [5.41, 5.74) is -4.70. The van der Waals surface area contributed by atoms with Gasteiger partial charge in [0.2, 0.25) is 0 Å². The number of rotatable bonds is 9. The first kappa shape index (κ1) is 45.7. The van der Waals surface area contributed by atoms with E-state index < -0.39 is 95.5 Å². The van der Waals surface area contributed by atoms with Crippen LogP contribution in [0, 0.1) is 23.7 Å². The van der Waals surface area contributed by atoms with Crippen LogP contribution in [0.2, 0.25) is 0 Å². The molecule has 18 atom stereocenters. The summed E-state index contributed by atoms with van der Waals surface area (Å²) in [5.74, 6) is -2.13. The summed E-state index contributed by atoms with van der Waals surface area (Å²) < 4.78 is 44.3. The lowest BCUT2D eigenvalue weighted by Crippen LogP contribution is -2.61. The van der Waals surface area contributed by atoms with Crippen molar-refractivity contribution < 1.29 is 58.4 Å². The molecule has 0 aromatic heterocycles. The van der Waals surface area contributed by atoms with Gasteiger partial charge in [-0.15, -0.1) is 0 Å². The summed E-state index contributed by atoms with van der Waals surface area (Å²) in [6.45, 7) is 23.8. The first-order chi connectivity index (χ1) is 25.0. The molecule has 4 fully saturated rings. The molecule has 4 saturated heterocycles. The molecule has 54 heavy (non-hydrogen) atoms. The Kier molecular flexibility index (Phi) is 15.1. The molecule has 4 rings (SSSR count). The standard InChI is InChI=1S/C40H74N2O12/c1-14-29-39(12,47)33(44)26(8)41-19-22(4)16-37(10,46)34(54-36-31(43)28(15-23(5)50-36)42-18-21(2)3)24(6)32(25(7)35(45)52-29)53-30-17-38(11,48-13)40(20-49-40)27(9)51-30/h21-34,36,41-44,46-47H,14-20H2,1-13H3/t22-,23-,24+,25-,26-,27+,28+,29-,30+,31-,32+,33-,34-,36+,37-,38-,39-,40+/m1/s1. The molecule has 0 aromatic rings. The molecular formula is C40H74N2O12. The van der Waals surface area contributed by atoms with Gasteiger partial charge in [-0.2, -0.15) is 0 Å². The number of hydrogen-bond donors (Lipinski definition) is 6. The molecule has 0 aromatic carbocycles. The Balaban J connectivity index is 1.77. The quantitative estimate of drug-likeness (QED) is 0.148. The number of aliphatic hydroxyl groups excluding tert-OH is 2. The lowest BCUT2D eigenvalue weighted by molar-refractivity contribution is -0.312. The van der Waals surface area contributed by atoms with E-state index in [1.807, 2.05) is 34.6 Å². The summed E-state index contributed by atoms with van der Waals surface area (Å²) in [6.07, 6.45) is -6.59. The van der Waals surface area contributed by atoms with Crippen molar-refractivity contribution in [3.05, 3.63) is 0 Å². The molecule has 0 saturated carbocycles. The van der Waals surface area contributed by atoms with E-state index in [2.05, 4.69) is 24.5 Å². The fourth-order valence-electron chi connectivity index (χ4n) is 9.13. The number of methoxy groups -OCH3 is 1. The Hall–Kier alpha value is -1.01. The Bertz CT molecular complexity index is 1220. The summed E-state index contributed by atoms with van der Waals surface area (Å²) >= 11 is 0. The zero-order chi connectivity index (χ0) is 40.6. The number of hydrogen-bond acceptors (Lipinski definition) is 14. The predicted molar refractivity (Wildman–Crippen MR) is 201 cm³/mol. The second-order valence-electron chi connectivity index (χ2n) is 18.1. The smallest absolute Gasteiger partial charge is 0.311 e. The first-order valence-electron chi connectivity index (χ1n) is 20.3. The molecule has 0 bridgehead atoms. The minimum absolute atomic E-state index is 0.143. The maximum Gasteiger partial charge on any atom is 0.311 e. The van der Waals surface area contributed by atoms with Gasteiger partial charge in [-0.05, 0) is 92.7 Å². The van der Waals surface area contributed by atoms with Crippen LogP contribution in [0.15, 0.2) is 0 Å². The van der Waals surface area contributed by atoms with E-state index in [-0.39, 0.29) is 30.9 Å². The highest BCUT2D eigenvalue weighted by molar-refractivity contribution is 5.73. The third-order valence-corrected chi connectivity index (χ3v) is 12.8. The SMILES string of the molecule is CC[C@H]1OC(=O)[C@H](C)[C@@H](O[C@H]2C[C@@](C)(OC)[C@]3(CO3)[C@H](C)O2)[C@H](C)[C@@H](O[C@@H]2O[C@H](C)C[C@H](NCC(C)C)[C@H]2O)[C@](C)(O)C[C@@H](C)CN[C@H](C)[C@@H](O)[C@]1(C)O. The number of cyclic esters (lactones) is 1. The third-order valence-electron chi connectivity index (χ3n) is 12.8. The maximum absolute atomic E-state index is 14.3. The van der Waals surface area contributed by atoms with Crippen LogP contribution in [0.4, 0.5) is 0 Å². The van der Waals surface area contributed by atoms with E-state index in [0.717, 1.165) is 0 Å². The van der Waals surface area contributed by atoms with Gasteiger partial charge in [0, 0.05) is 31.5 Å². The molecule has 0 unspecified atom stereocenters. The molecule has 316 valence electrons. The van der Waals surface area contributed by atoms with Crippen LogP contribution in [0.25, 0.3) is 0 Å². The highest BCUT2D eigenvalue weighted by Crippen LogP contribution is 2.51. The van der Waals surface area contributed by atoms with Gasteiger partial charge in [-0.3, -0.25) is 4.79 Å². The molecule has 14 heteroatoms. The van der Waals surface area contributed by atoms with Gasteiger partial charge in [-0.25, -0.2) is 0 Å². The van der Waals surface area contributed by atoms with Gasteiger partial charge in [0.25, 0.3) is 0 Å². The van der Waals surface area contributed by atoms with Crippen molar-refractivity contribution in [2.75, 3.05) is 26.8 Å². The maximum atomic E-state index is 14.3. The molecule has 4 aliphatic rings. The highest BCUT2D eigenvalue weighted by atomic mass is 16.7. The number of esters is 1. The number of ether oxygens (including phenoxy) is 7. The van der Waals surface area contributed by atoms with Crippen molar-refractivity contribution >= 4 is 5.97 Å². The van der Waals surface area contributed by atoms with Crippen molar-refractivity contribution in [2.45, 2.75) is 199 Å². The van der Waals surface area contributed by atoms with E-state index in [9.17, 15) is 25.2 Å². The lowest BCUT2D eigenvalue weighted by atomic mass is 9.77. The van der Waals surface area contributed by atoms with E-state index in [4.69, 9.17) is 33.2 Å². The largest absolute Gasteiger partial charge is 0.459 e. The number of carbonyl (C=O) groups excluding carboxylic acids is 1. The van der Waals surface area contributed by atoms with Crippen molar-refractivity contribution in [3.63, 3.8) is 0 Å². The molecule has 0 aliphatic carbocycles. The second kappa shape index (κ2) is 17.9. The van der Waals surface area contributed by atoms with Gasteiger partial charge < -0.3 is 64.2 Å². The zero-order valence-corrected chi connectivity index (χ0v) is 35.2. The average molecular weight is 775 g/mol. The average Bonchev–Trinajstić information content (AvgIpc) is 3.91. The second-order valence-corrected chi connectivity index (χ2v) is 18.1. The Morgan fingerprint density at radius 2 is 1.65 bits per heavy atom. The van der Waals surface area contributed by atoms with Gasteiger partial charge >= 0.3 is 5.97 Å². The Labute approximate surface area is 323 Å². The number of carbonyl (C=O) groups is 1. The first-order valence-corrected chi connectivity index (χ1v) is 20.3. The van der Waals surface area contributed by atoms with Crippen molar-refractivity contribution in [1.82, 2.24) is 10.6 Å². The van der Waals surface area contributed by atoms with Crippen LogP contribution >= 0.6 is 0 Å². The highest BCUT2D eigenvalue weighted by Gasteiger charge is 2.67. The number of aliphatic hydroxyl groups is 4. The van der Waals surface area contributed by atoms with E-state index in [1.54, 1.807) is 34.8 Å². The van der Waals surface area contributed by atoms with Crippen LogP contribution < -0.4 is 10.6 Å². The van der Waals surface area contributed by atoms with Crippen LogP contribution in [0.5, 0.6) is 0 Å². The van der Waals surface area contributed by atoms with Crippen LogP contribution in [0.3, 0.4) is 0 Å². The van der Waals surface area contributed by atoms with Gasteiger partial charge in [0.1, 0.15) is 35.1 Å². The van der Waals surface area contributed by atoms with E-state index in [0.29, 0.717) is 38.5 Å². The monoisotopic (exact) mass is 775 g/mol. The predicted octanol–water partition coefficient (Wildman–Crippen LogP) is 2.65. The number of epoxide rings is 1. The number of nitrogens with one attached hydrogen (secondary N) is 2. The topological polar surface area (TPSA) is 190 Å². The van der Waals surface area contributed by atoms with E-state index in [1.165, 1.54) is 6.92 Å². The summed E-state index contributed by atoms with van der Waals surface area (Å²) in [5, 5.41) is 54.0. The lowest BCUT2D eigenvalue weighted by Gasteiger charge is -2.49. The van der Waals surface area contributed by atoms with Crippen LogP contribution in [0.1, 0.15) is 109 Å². The fraction of sp³-hybridized carbons (Fsp3) is 0.975. The van der Waals surface area contributed by atoms with Crippen LogP contribution in [-0.2, 0) is 38.0 Å². The van der Waals surface area contributed by atoms with E-state index >= 15 is 0 Å². The van der Waals surface area contributed by atoms with Gasteiger partial charge in [0.15, 0.2) is 12.6 Å². The van der Waals surface area contributed by atoms with Crippen molar-refractivity contribution in [3.8, 4) is 0 Å². The molecule has 4 heterocycles. The molecule has 0 radical (unpaired) electrons. The van der Waals surface area contributed by atoms with Gasteiger partial charge in [0.05, 0.1) is 42.5 Å². The normalized spacial score (nSPS) is 50.0. The summed E-state index contributed by atoms with van der Waals surface area (Å²) in [4.78, 5) is 14.3. The van der Waals surface area contributed by atoms with Crippen molar-refractivity contribution in [2.24, 2.45) is 23.7 Å². The molecule has 4 aliphatic heterocycles. The van der Waals surface area contributed by atoms with Gasteiger partial charge in [-0.1, -0.05) is 34.6 Å².